The summed E-state index contributed by atoms with van der Waals surface area (Å²) in [6.45, 7) is 1.49. The van der Waals surface area contributed by atoms with Gasteiger partial charge < -0.3 is 10.2 Å². The summed E-state index contributed by atoms with van der Waals surface area (Å²) in [7, 11) is -3.35. The number of hydrogen-bond acceptors (Lipinski definition) is 3. The molecular weight excluding hydrogens is 417 g/mol. The first-order chi connectivity index (χ1) is 12.9. The van der Waals surface area contributed by atoms with Gasteiger partial charge in [-0.15, -0.1) is 0 Å². The molecule has 10 heteroatoms. The number of urea groups is 1. The highest BCUT2D eigenvalue weighted by Gasteiger charge is 2.46. The monoisotopic (exact) mass is 438 g/mol. The number of benzene rings is 1. The smallest absolute Gasteiger partial charge is 0.332 e. The molecule has 0 unspecified atom stereocenters. The van der Waals surface area contributed by atoms with Crippen molar-refractivity contribution in [1.29, 1.82) is 0 Å². The molecule has 1 heterocycles. The number of likely N-dealkylation sites (tertiary alicyclic amines) is 1. The third-order valence-corrected chi connectivity index (χ3v) is 5.55. The van der Waals surface area contributed by atoms with Crippen LogP contribution < -0.4 is 5.32 Å². The van der Waals surface area contributed by atoms with Gasteiger partial charge in [0.2, 0.25) is 0 Å². The summed E-state index contributed by atoms with van der Waals surface area (Å²) < 4.78 is 62.2. The van der Waals surface area contributed by atoms with E-state index in [0.29, 0.717) is 5.56 Å². The second-order valence-electron chi connectivity index (χ2n) is 6.89. The van der Waals surface area contributed by atoms with Crippen LogP contribution >= 0.6 is 11.6 Å². The number of alkyl halides is 3. The number of nitrogens with zero attached hydrogens (tertiary/aromatic N) is 1. The van der Waals surface area contributed by atoms with Gasteiger partial charge in [0.05, 0.1) is 12.0 Å². The minimum atomic E-state index is -4.35. The van der Waals surface area contributed by atoms with Crippen LogP contribution in [0.3, 0.4) is 0 Å². The summed E-state index contributed by atoms with van der Waals surface area (Å²) in [4.78, 5) is 14.0. The van der Waals surface area contributed by atoms with Crippen molar-refractivity contribution in [2.75, 3.05) is 12.8 Å². The fourth-order valence-electron chi connectivity index (χ4n) is 3.13. The SMILES string of the molecule is C[C@@H](/C=C/S(C)(=O)=O)NC(=O)N1CC[C@@H](C(F)(F)F)C[C@H]1c1ccccc1Cl. The van der Waals surface area contributed by atoms with E-state index in [1.807, 2.05) is 0 Å². The van der Waals surface area contributed by atoms with Gasteiger partial charge in [0.25, 0.3) is 0 Å². The van der Waals surface area contributed by atoms with Crippen LogP contribution in [-0.2, 0) is 9.84 Å². The number of halogens is 4. The van der Waals surface area contributed by atoms with E-state index in [2.05, 4.69) is 5.32 Å². The van der Waals surface area contributed by atoms with Gasteiger partial charge in [-0.3, -0.25) is 0 Å². The molecule has 0 aliphatic carbocycles. The normalized spacial score (nSPS) is 22.3. The molecule has 1 aliphatic heterocycles. The fraction of sp³-hybridized carbons (Fsp3) is 0.500. The number of carbonyl (C=O) groups excluding carboxylic acids is 1. The van der Waals surface area contributed by atoms with Crippen LogP contribution in [0.2, 0.25) is 5.02 Å². The van der Waals surface area contributed by atoms with E-state index in [1.165, 1.54) is 11.0 Å². The standard InChI is InChI=1S/C18H22ClF3N2O3S/c1-12(8-10-28(2,26)27)23-17(25)24-9-7-13(18(20,21)22)11-16(24)14-5-3-4-6-15(14)19/h3-6,8,10,12-13,16H,7,9,11H2,1-2H3,(H,23,25)/b10-8+/t12-,13+,16-/m0/s1. The molecule has 1 N–H and O–H groups in total. The van der Waals surface area contributed by atoms with Crippen LogP contribution in [0.15, 0.2) is 35.7 Å². The number of amides is 2. The van der Waals surface area contributed by atoms with E-state index < -0.39 is 40.0 Å². The Hall–Kier alpha value is -1.74. The molecule has 0 radical (unpaired) electrons. The Kier molecular flexibility index (Phi) is 7.03. The lowest BCUT2D eigenvalue weighted by atomic mass is 9.86. The number of carbonyl (C=O) groups is 1. The summed E-state index contributed by atoms with van der Waals surface area (Å²) in [6.07, 6.45) is -2.51. The van der Waals surface area contributed by atoms with Crippen molar-refractivity contribution < 1.29 is 26.4 Å². The predicted molar refractivity (Wildman–Crippen MR) is 102 cm³/mol. The van der Waals surface area contributed by atoms with Gasteiger partial charge in [-0.1, -0.05) is 35.9 Å². The maximum absolute atomic E-state index is 13.3. The second-order valence-corrected chi connectivity index (χ2v) is 9.23. The largest absolute Gasteiger partial charge is 0.391 e. The first kappa shape index (κ1) is 22.5. The number of hydrogen-bond donors (Lipinski definition) is 1. The Labute approximate surface area is 167 Å². The topological polar surface area (TPSA) is 66.5 Å². The van der Waals surface area contributed by atoms with Crippen LogP contribution in [0.4, 0.5) is 18.0 Å². The van der Waals surface area contributed by atoms with Crippen LogP contribution in [-0.4, -0.2) is 44.4 Å². The van der Waals surface area contributed by atoms with E-state index in [0.717, 1.165) is 11.7 Å². The summed E-state index contributed by atoms with van der Waals surface area (Å²) in [5.41, 5.74) is 0.451. The average molecular weight is 439 g/mol. The fourth-order valence-corrected chi connectivity index (χ4v) is 3.92. The molecule has 0 aromatic heterocycles. The Morgan fingerprint density at radius 3 is 2.57 bits per heavy atom. The Bertz CT molecular complexity index is 843. The van der Waals surface area contributed by atoms with Gasteiger partial charge in [-0.05, 0) is 31.4 Å². The zero-order valence-electron chi connectivity index (χ0n) is 15.4. The van der Waals surface area contributed by atoms with Crippen LogP contribution in [0.1, 0.15) is 31.4 Å². The lowest BCUT2D eigenvalue weighted by Gasteiger charge is -2.40. The molecule has 1 aliphatic rings. The summed E-state index contributed by atoms with van der Waals surface area (Å²) >= 11 is 6.18. The predicted octanol–water partition coefficient (Wildman–Crippen LogP) is 4.31. The maximum atomic E-state index is 13.3. The van der Waals surface area contributed by atoms with Crippen molar-refractivity contribution >= 4 is 27.5 Å². The lowest BCUT2D eigenvalue weighted by Crippen LogP contribution is -2.50. The van der Waals surface area contributed by atoms with Gasteiger partial charge in [0.15, 0.2) is 9.84 Å². The first-order valence-electron chi connectivity index (χ1n) is 8.65. The highest BCUT2D eigenvalue weighted by atomic mass is 35.5. The molecule has 3 atom stereocenters. The van der Waals surface area contributed by atoms with Crippen LogP contribution in [0.25, 0.3) is 0 Å². The molecule has 2 rings (SSSR count). The minimum absolute atomic E-state index is 0.0889. The molecule has 1 fully saturated rings. The van der Waals surface area contributed by atoms with E-state index in [-0.39, 0.29) is 24.4 Å². The summed E-state index contributed by atoms with van der Waals surface area (Å²) in [5, 5.41) is 3.87. The quantitative estimate of drug-likeness (QED) is 0.761. The molecule has 2 amide bonds. The van der Waals surface area contributed by atoms with Crippen molar-refractivity contribution in [3.63, 3.8) is 0 Å². The molecule has 156 valence electrons. The third-order valence-electron chi connectivity index (χ3n) is 4.56. The average Bonchev–Trinajstić information content (AvgIpc) is 2.58. The van der Waals surface area contributed by atoms with Crippen molar-refractivity contribution in [3.8, 4) is 0 Å². The first-order valence-corrected chi connectivity index (χ1v) is 11.0. The molecule has 0 bridgehead atoms. The van der Waals surface area contributed by atoms with Crippen LogP contribution in [0.5, 0.6) is 0 Å². The Morgan fingerprint density at radius 1 is 1.36 bits per heavy atom. The lowest BCUT2D eigenvalue weighted by molar-refractivity contribution is -0.188. The molecule has 0 saturated carbocycles. The highest BCUT2D eigenvalue weighted by Crippen LogP contribution is 2.43. The second kappa shape index (κ2) is 8.73. The van der Waals surface area contributed by atoms with Gasteiger partial charge in [-0.25, -0.2) is 13.2 Å². The molecule has 28 heavy (non-hydrogen) atoms. The van der Waals surface area contributed by atoms with E-state index in [9.17, 15) is 26.4 Å². The third kappa shape index (κ3) is 6.13. The number of sulfone groups is 1. The maximum Gasteiger partial charge on any atom is 0.391 e. The van der Waals surface area contributed by atoms with Crippen molar-refractivity contribution in [3.05, 3.63) is 46.3 Å². The number of nitrogens with one attached hydrogen (secondary N) is 1. The zero-order chi connectivity index (χ0) is 21.1. The number of piperidine rings is 1. The van der Waals surface area contributed by atoms with E-state index in [4.69, 9.17) is 11.6 Å². The van der Waals surface area contributed by atoms with E-state index >= 15 is 0 Å². The summed E-state index contributed by atoms with van der Waals surface area (Å²) in [5.74, 6) is -1.53. The van der Waals surface area contributed by atoms with Gasteiger partial charge in [0.1, 0.15) is 0 Å². The van der Waals surface area contributed by atoms with Gasteiger partial charge in [-0.2, -0.15) is 13.2 Å². The molecule has 1 aromatic carbocycles. The molecule has 0 spiro atoms. The highest BCUT2D eigenvalue weighted by molar-refractivity contribution is 7.93. The minimum Gasteiger partial charge on any atom is -0.332 e. The van der Waals surface area contributed by atoms with Gasteiger partial charge in [0, 0.05) is 29.3 Å². The van der Waals surface area contributed by atoms with Crippen molar-refractivity contribution in [1.82, 2.24) is 10.2 Å². The molecule has 1 aromatic rings. The molecular formula is C18H22ClF3N2O3S. The van der Waals surface area contributed by atoms with Crippen molar-refractivity contribution in [2.24, 2.45) is 5.92 Å². The van der Waals surface area contributed by atoms with Crippen LogP contribution in [0, 0.1) is 5.92 Å². The summed E-state index contributed by atoms with van der Waals surface area (Å²) in [6, 6.07) is 4.48. The van der Waals surface area contributed by atoms with E-state index in [1.54, 1.807) is 31.2 Å². The van der Waals surface area contributed by atoms with Crippen molar-refractivity contribution in [2.45, 2.75) is 38.0 Å². The number of rotatable bonds is 4. The molecule has 1 saturated heterocycles. The molecule has 5 nitrogen and oxygen atoms in total. The Morgan fingerprint density at radius 2 is 2.00 bits per heavy atom. The van der Waals surface area contributed by atoms with Gasteiger partial charge >= 0.3 is 12.2 Å². The Balaban J connectivity index is 2.24. The zero-order valence-corrected chi connectivity index (χ0v) is 17.0.